The van der Waals surface area contributed by atoms with E-state index >= 15 is 0 Å². The Hall–Kier alpha value is -3.25. The molecule has 3 aliphatic carbocycles. The number of aliphatic hydroxyl groups excluding tert-OH is 1. The van der Waals surface area contributed by atoms with Crippen LogP contribution in [0.4, 0.5) is 5.69 Å². The van der Waals surface area contributed by atoms with Gasteiger partial charge in [0.25, 0.3) is 5.91 Å². The molecular formula is C28H26ClN3O5. The third-order valence-corrected chi connectivity index (χ3v) is 9.38. The van der Waals surface area contributed by atoms with E-state index in [4.69, 9.17) is 16.3 Å². The van der Waals surface area contributed by atoms with Crippen molar-refractivity contribution >= 4 is 23.2 Å². The molecule has 4 atom stereocenters. The molecule has 8 nitrogen and oxygen atoms in total. The number of hydrogen-bond donors (Lipinski definition) is 4. The first-order chi connectivity index (χ1) is 17.8. The maximum atomic E-state index is 13.6. The summed E-state index contributed by atoms with van der Waals surface area (Å²) in [5.41, 5.74) is -0.116. The standard InChI is InChI=1S/C28H26ClN3O5/c29-17-4-5-19(16(9-17)12-30)31-26(35)18-11-28(36)21-10-15-3-6-20(33)24-22(15)27(28,25(37-24)23(18)34)7-8-32(21)13-14-1-2-14/h3-6,9,14,21,25,33-34,36H,1-2,7-8,10-11,13H2,(H,31,35)/t21-,25+,27+,28-/m1/s1. The Balaban J connectivity index is 1.35. The number of phenols is 1. The summed E-state index contributed by atoms with van der Waals surface area (Å²) in [5.74, 6) is 0.0122. The quantitative estimate of drug-likeness (QED) is 0.486. The lowest BCUT2D eigenvalue weighted by Gasteiger charge is -2.62. The molecular weight excluding hydrogens is 494 g/mol. The number of carbonyl (C=O) groups is 1. The van der Waals surface area contributed by atoms with Crippen LogP contribution in [0.2, 0.25) is 5.02 Å². The topological polar surface area (TPSA) is 126 Å². The summed E-state index contributed by atoms with van der Waals surface area (Å²) in [4.78, 5) is 15.9. The SMILES string of the molecule is N#Cc1cc(Cl)ccc1NC(=O)C1=C(O)[C@@H]2Oc3c(O)ccc4c3[C@@]23CCN(CC2CC2)[C@H](C4)[C@]3(O)C1. The van der Waals surface area contributed by atoms with Crippen LogP contribution in [0.1, 0.15) is 42.4 Å². The lowest BCUT2D eigenvalue weighted by Crippen LogP contribution is -2.75. The van der Waals surface area contributed by atoms with Crippen molar-refractivity contribution in [2.75, 3.05) is 18.4 Å². The Kier molecular flexibility index (Phi) is 4.73. The van der Waals surface area contributed by atoms with E-state index in [1.807, 2.05) is 12.1 Å². The van der Waals surface area contributed by atoms with E-state index in [1.165, 1.54) is 25.0 Å². The maximum Gasteiger partial charge on any atom is 0.255 e. The monoisotopic (exact) mass is 519 g/mol. The number of nitrogens with zero attached hydrogens (tertiary/aromatic N) is 2. The molecule has 1 saturated heterocycles. The van der Waals surface area contributed by atoms with Crippen LogP contribution in [0.25, 0.3) is 0 Å². The highest BCUT2D eigenvalue weighted by atomic mass is 35.5. The summed E-state index contributed by atoms with van der Waals surface area (Å²) in [6.07, 6.45) is 2.40. The number of amides is 1. The molecule has 2 heterocycles. The summed E-state index contributed by atoms with van der Waals surface area (Å²) in [7, 11) is 0. The molecule has 0 radical (unpaired) electrons. The first-order valence-electron chi connectivity index (χ1n) is 12.7. The first kappa shape index (κ1) is 22.9. The number of aliphatic hydroxyl groups is 2. The summed E-state index contributed by atoms with van der Waals surface area (Å²) in [5, 5.41) is 47.4. The highest BCUT2D eigenvalue weighted by molar-refractivity contribution is 6.30. The van der Waals surface area contributed by atoms with E-state index in [9.17, 15) is 25.4 Å². The van der Waals surface area contributed by atoms with Gasteiger partial charge in [0.2, 0.25) is 0 Å². The number of anilines is 1. The number of hydrogen-bond acceptors (Lipinski definition) is 7. The zero-order valence-corrected chi connectivity index (χ0v) is 20.8. The predicted molar refractivity (Wildman–Crippen MR) is 135 cm³/mol. The van der Waals surface area contributed by atoms with E-state index in [-0.39, 0.29) is 46.5 Å². The van der Waals surface area contributed by atoms with Crippen LogP contribution in [-0.4, -0.2) is 57.0 Å². The van der Waals surface area contributed by atoms with Gasteiger partial charge in [-0.3, -0.25) is 9.69 Å². The lowest BCUT2D eigenvalue weighted by atomic mass is 9.49. The molecule has 2 aliphatic heterocycles. The summed E-state index contributed by atoms with van der Waals surface area (Å²) >= 11 is 6.00. The number of rotatable bonds is 4. The minimum absolute atomic E-state index is 0.0241. The molecule has 1 amide bonds. The maximum absolute atomic E-state index is 13.6. The van der Waals surface area contributed by atoms with Gasteiger partial charge in [0.05, 0.1) is 27.8 Å². The summed E-state index contributed by atoms with van der Waals surface area (Å²) in [6.45, 7) is 1.63. The predicted octanol–water partition coefficient (Wildman–Crippen LogP) is 3.54. The minimum Gasteiger partial charge on any atom is -0.508 e. The van der Waals surface area contributed by atoms with Crippen LogP contribution in [0, 0.1) is 17.2 Å². The van der Waals surface area contributed by atoms with Crippen molar-refractivity contribution in [1.29, 1.82) is 5.26 Å². The van der Waals surface area contributed by atoms with Gasteiger partial charge in [0, 0.05) is 29.6 Å². The van der Waals surface area contributed by atoms with Crippen molar-refractivity contribution in [2.45, 2.75) is 55.3 Å². The van der Waals surface area contributed by atoms with Crippen molar-refractivity contribution < 1.29 is 24.9 Å². The van der Waals surface area contributed by atoms with Gasteiger partial charge in [-0.15, -0.1) is 0 Å². The number of piperidine rings is 1. The molecule has 37 heavy (non-hydrogen) atoms. The van der Waals surface area contributed by atoms with Crippen LogP contribution >= 0.6 is 11.6 Å². The number of aromatic hydroxyl groups is 1. The lowest BCUT2D eigenvalue weighted by molar-refractivity contribution is -0.172. The Morgan fingerprint density at radius 3 is 2.84 bits per heavy atom. The van der Waals surface area contributed by atoms with Crippen LogP contribution in [-0.2, 0) is 16.6 Å². The Morgan fingerprint density at radius 1 is 1.27 bits per heavy atom. The molecule has 1 spiro atoms. The fraction of sp³-hybridized carbons (Fsp3) is 0.429. The number of benzene rings is 2. The van der Waals surface area contributed by atoms with E-state index in [2.05, 4.69) is 10.2 Å². The average molecular weight is 520 g/mol. The number of carbonyl (C=O) groups excluding carboxylic acids is 1. The molecule has 0 aromatic heterocycles. The van der Waals surface area contributed by atoms with Crippen molar-refractivity contribution in [3.05, 3.63) is 63.4 Å². The molecule has 2 aromatic rings. The average Bonchev–Trinajstić information content (AvgIpc) is 3.62. The zero-order valence-electron chi connectivity index (χ0n) is 20.0. The molecule has 9 heteroatoms. The van der Waals surface area contributed by atoms with Crippen LogP contribution in [0.3, 0.4) is 0 Å². The highest BCUT2D eigenvalue weighted by Crippen LogP contribution is 2.66. The first-order valence-corrected chi connectivity index (χ1v) is 13.1. The van der Waals surface area contributed by atoms with E-state index in [0.717, 1.165) is 24.2 Å². The summed E-state index contributed by atoms with van der Waals surface area (Å²) in [6, 6.07) is 9.81. The second-order valence-corrected chi connectivity index (χ2v) is 11.5. The number of halogens is 1. The van der Waals surface area contributed by atoms with Gasteiger partial charge >= 0.3 is 0 Å². The largest absolute Gasteiger partial charge is 0.508 e. The number of nitriles is 1. The van der Waals surface area contributed by atoms with E-state index < -0.39 is 23.0 Å². The van der Waals surface area contributed by atoms with Gasteiger partial charge < -0.3 is 25.4 Å². The van der Waals surface area contributed by atoms with Crippen molar-refractivity contribution in [3.8, 4) is 17.6 Å². The van der Waals surface area contributed by atoms with Gasteiger partial charge in [-0.05, 0) is 68.0 Å². The second kappa shape index (κ2) is 7.64. The molecule has 7 rings (SSSR count). The fourth-order valence-electron chi connectivity index (χ4n) is 7.28. The van der Waals surface area contributed by atoms with Gasteiger partial charge in [0.15, 0.2) is 17.6 Å². The number of likely N-dealkylation sites (tertiary alicyclic amines) is 1. The van der Waals surface area contributed by atoms with Gasteiger partial charge in [-0.25, -0.2) is 0 Å². The fourth-order valence-corrected chi connectivity index (χ4v) is 7.46. The molecule has 0 unspecified atom stereocenters. The van der Waals surface area contributed by atoms with Crippen LogP contribution in [0.5, 0.6) is 11.5 Å². The molecule has 2 fully saturated rings. The van der Waals surface area contributed by atoms with Crippen LogP contribution < -0.4 is 10.1 Å². The Bertz CT molecular complexity index is 1450. The smallest absolute Gasteiger partial charge is 0.255 e. The Labute approximate surface area is 218 Å². The third-order valence-electron chi connectivity index (χ3n) is 9.14. The number of phenolic OH excluding ortho intramolecular Hbond substituents is 1. The normalized spacial score (nSPS) is 31.4. The molecule has 5 aliphatic rings. The molecule has 2 bridgehead atoms. The molecule has 190 valence electrons. The van der Waals surface area contributed by atoms with Crippen LogP contribution in [0.15, 0.2) is 41.7 Å². The summed E-state index contributed by atoms with van der Waals surface area (Å²) < 4.78 is 6.22. The van der Waals surface area contributed by atoms with Gasteiger partial charge in [-0.1, -0.05) is 17.7 Å². The molecule has 4 N–H and O–H groups in total. The zero-order chi connectivity index (χ0) is 25.7. The van der Waals surface area contributed by atoms with Gasteiger partial charge in [-0.2, -0.15) is 5.26 Å². The number of nitrogens with one attached hydrogen (secondary N) is 1. The van der Waals surface area contributed by atoms with Crippen molar-refractivity contribution in [3.63, 3.8) is 0 Å². The highest BCUT2D eigenvalue weighted by Gasteiger charge is 2.73. The van der Waals surface area contributed by atoms with E-state index in [0.29, 0.717) is 23.8 Å². The van der Waals surface area contributed by atoms with Crippen molar-refractivity contribution in [1.82, 2.24) is 4.90 Å². The Morgan fingerprint density at radius 2 is 2.08 bits per heavy atom. The van der Waals surface area contributed by atoms with Crippen molar-refractivity contribution in [2.24, 2.45) is 5.92 Å². The second-order valence-electron chi connectivity index (χ2n) is 11.0. The molecule has 2 aromatic carbocycles. The third kappa shape index (κ3) is 2.99. The van der Waals surface area contributed by atoms with E-state index in [1.54, 1.807) is 12.1 Å². The molecule has 1 saturated carbocycles. The van der Waals surface area contributed by atoms with Gasteiger partial charge in [0.1, 0.15) is 11.8 Å². The minimum atomic E-state index is -1.40. The number of ether oxygens (including phenoxy) is 1.